The van der Waals surface area contributed by atoms with E-state index in [1.54, 1.807) is 31.3 Å². The lowest BCUT2D eigenvalue weighted by Crippen LogP contribution is -2.40. The average Bonchev–Trinajstić information content (AvgIpc) is 2.47. The van der Waals surface area contributed by atoms with Gasteiger partial charge in [0.15, 0.2) is 0 Å². The fourth-order valence-corrected chi connectivity index (χ4v) is 4.21. The van der Waals surface area contributed by atoms with Crippen molar-refractivity contribution in [3.8, 4) is 5.75 Å². The molecule has 1 aliphatic heterocycles. The first-order chi connectivity index (χ1) is 9.43. The zero-order valence-electron chi connectivity index (χ0n) is 11.8. The molecule has 1 saturated heterocycles. The Bertz CT molecular complexity index is 535. The molecule has 0 aromatic heterocycles. The maximum atomic E-state index is 12.6. The highest BCUT2D eigenvalue weighted by Crippen LogP contribution is 2.27. The highest BCUT2D eigenvalue weighted by atomic mass is 32.2. The third-order valence-corrected chi connectivity index (χ3v) is 6.34. The van der Waals surface area contributed by atoms with E-state index in [1.807, 2.05) is 6.92 Å². The van der Waals surface area contributed by atoms with E-state index in [2.05, 4.69) is 0 Å². The summed E-state index contributed by atoms with van der Waals surface area (Å²) in [5, 5.41) is 8.93. The van der Waals surface area contributed by atoms with E-state index < -0.39 is 10.0 Å². The summed E-state index contributed by atoms with van der Waals surface area (Å²) in [6.07, 6.45) is 1.10. The van der Waals surface area contributed by atoms with Crippen LogP contribution in [0.15, 0.2) is 24.3 Å². The van der Waals surface area contributed by atoms with Crippen LogP contribution in [-0.4, -0.2) is 43.3 Å². The van der Waals surface area contributed by atoms with Crippen molar-refractivity contribution in [3.05, 3.63) is 29.8 Å². The third kappa shape index (κ3) is 3.13. The maximum absolute atomic E-state index is 12.6. The van der Waals surface area contributed by atoms with Crippen LogP contribution in [0.1, 0.15) is 31.4 Å². The zero-order chi connectivity index (χ0) is 14.8. The molecule has 0 aliphatic carbocycles. The van der Waals surface area contributed by atoms with E-state index in [9.17, 15) is 13.5 Å². The fraction of sp³-hybridized carbons (Fsp3) is 0.571. The van der Waals surface area contributed by atoms with Crippen molar-refractivity contribution in [1.82, 2.24) is 4.31 Å². The van der Waals surface area contributed by atoms with Gasteiger partial charge in [-0.25, -0.2) is 8.42 Å². The second-order valence-electron chi connectivity index (χ2n) is 5.14. The highest BCUT2D eigenvalue weighted by Gasteiger charge is 2.33. The largest absolute Gasteiger partial charge is 0.508 e. The van der Waals surface area contributed by atoms with Gasteiger partial charge in [0.2, 0.25) is 10.0 Å². The summed E-state index contributed by atoms with van der Waals surface area (Å²) in [4.78, 5) is 0. The van der Waals surface area contributed by atoms with Gasteiger partial charge in [-0.1, -0.05) is 12.1 Å². The number of ether oxygens (including phenoxy) is 1. The summed E-state index contributed by atoms with van der Waals surface area (Å²) in [6.45, 7) is 2.86. The van der Waals surface area contributed by atoms with Crippen LogP contribution in [0, 0.1) is 0 Å². The van der Waals surface area contributed by atoms with Gasteiger partial charge < -0.3 is 9.84 Å². The monoisotopic (exact) mass is 299 g/mol. The zero-order valence-corrected chi connectivity index (χ0v) is 12.6. The normalized spacial score (nSPS) is 19.1. The molecule has 20 heavy (non-hydrogen) atoms. The molecule has 1 N–H and O–H groups in total. The van der Waals surface area contributed by atoms with Crippen molar-refractivity contribution in [2.45, 2.75) is 31.1 Å². The Balaban J connectivity index is 2.16. The molecule has 0 spiro atoms. The SMILES string of the molecule is CC(c1ccc(O)cc1)N(C)S(=O)(=O)C1CCOCC1. The number of phenolic OH excluding ortho intramolecular Hbond substituents is 1. The first-order valence-electron chi connectivity index (χ1n) is 6.76. The van der Waals surface area contributed by atoms with Gasteiger partial charge in [-0.05, 0) is 37.5 Å². The molecule has 1 aromatic rings. The van der Waals surface area contributed by atoms with Crippen molar-refractivity contribution in [3.63, 3.8) is 0 Å². The number of phenols is 1. The van der Waals surface area contributed by atoms with Crippen LogP contribution in [0.2, 0.25) is 0 Å². The molecule has 1 fully saturated rings. The van der Waals surface area contributed by atoms with Gasteiger partial charge in [0.25, 0.3) is 0 Å². The molecule has 0 radical (unpaired) electrons. The smallest absolute Gasteiger partial charge is 0.217 e. The Labute approximate surface area is 120 Å². The van der Waals surface area contributed by atoms with Crippen LogP contribution < -0.4 is 0 Å². The summed E-state index contributed by atoms with van der Waals surface area (Å²) in [5.41, 5.74) is 0.862. The summed E-state index contributed by atoms with van der Waals surface area (Å²) in [5.74, 6) is 0.177. The second kappa shape index (κ2) is 6.11. The highest BCUT2D eigenvalue weighted by molar-refractivity contribution is 7.89. The molecule has 2 rings (SSSR count). The lowest BCUT2D eigenvalue weighted by molar-refractivity contribution is 0.0971. The second-order valence-corrected chi connectivity index (χ2v) is 7.41. The minimum atomic E-state index is -3.33. The van der Waals surface area contributed by atoms with Crippen LogP contribution in [0.5, 0.6) is 5.75 Å². The minimum absolute atomic E-state index is 0.177. The Morgan fingerprint density at radius 2 is 1.80 bits per heavy atom. The predicted octanol–water partition coefficient (Wildman–Crippen LogP) is 1.89. The molecule has 1 atom stereocenters. The number of benzene rings is 1. The molecule has 5 nitrogen and oxygen atoms in total. The number of rotatable bonds is 4. The lowest BCUT2D eigenvalue weighted by Gasteiger charge is -2.31. The van der Waals surface area contributed by atoms with Crippen LogP contribution in [0.4, 0.5) is 0 Å². The molecule has 0 bridgehead atoms. The van der Waals surface area contributed by atoms with E-state index in [-0.39, 0.29) is 17.0 Å². The van der Waals surface area contributed by atoms with E-state index >= 15 is 0 Å². The quantitative estimate of drug-likeness (QED) is 0.922. The average molecular weight is 299 g/mol. The number of hydrogen-bond donors (Lipinski definition) is 1. The van der Waals surface area contributed by atoms with Crippen molar-refractivity contribution in [1.29, 1.82) is 0 Å². The van der Waals surface area contributed by atoms with Gasteiger partial charge in [0.1, 0.15) is 5.75 Å². The van der Waals surface area contributed by atoms with E-state index in [1.165, 1.54) is 4.31 Å². The predicted molar refractivity (Wildman–Crippen MR) is 77.0 cm³/mol. The molecule has 1 aliphatic rings. The topological polar surface area (TPSA) is 66.8 Å². The van der Waals surface area contributed by atoms with Crippen molar-refractivity contribution in [2.24, 2.45) is 0 Å². The van der Waals surface area contributed by atoms with Crippen LogP contribution in [0.3, 0.4) is 0 Å². The molecule has 1 heterocycles. The minimum Gasteiger partial charge on any atom is -0.508 e. The summed E-state index contributed by atoms with van der Waals surface area (Å²) < 4.78 is 31.8. The van der Waals surface area contributed by atoms with Crippen molar-refractivity contribution < 1.29 is 18.3 Å². The Kier molecular flexibility index (Phi) is 4.67. The van der Waals surface area contributed by atoms with E-state index in [0.717, 1.165) is 5.56 Å². The molecule has 6 heteroatoms. The molecular formula is C14H21NO4S. The molecule has 1 unspecified atom stereocenters. The molecular weight excluding hydrogens is 278 g/mol. The van der Waals surface area contributed by atoms with Gasteiger partial charge in [-0.3, -0.25) is 0 Å². The summed E-state index contributed by atoms with van der Waals surface area (Å²) >= 11 is 0. The molecule has 0 amide bonds. The lowest BCUT2D eigenvalue weighted by atomic mass is 10.1. The Hall–Kier alpha value is -1.11. The van der Waals surface area contributed by atoms with Crippen molar-refractivity contribution in [2.75, 3.05) is 20.3 Å². The van der Waals surface area contributed by atoms with Gasteiger partial charge in [-0.2, -0.15) is 4.31 Å². The number of hydrogen-bond acceptors (Lipinski definition) is 4. The van der Waals surface area contributed by atoms with E-state index in [4.69, 9.17) is 4.74 Å². The van der Waals surface area contributed by atoms with Crippen molar-refractivity contribution >= 4 is 10.0 Å². The maximum Gasteiger partial charge on any atom is 0.217 e. The van der Waals surface area contributed by atoms with E-state index in [0.29, 0.717) is 26.1 Å². The Morgan fingerprint density at radius 1 is 1.25 bits per heavy atom. The van der Waals surface area contributed by atoms with Crippen LogP contribution >= 0.6 is 0 Å². The van der Waals surface area contributed by atoms with Crippen LogP contribution in [0.25, 0.3) is 0 Å². The van der Waals surface area contributed by atoms with Gasteiger partial charge in [0, 0.05) is 26.3 Å². The summed E-state index contributed by atoms with van der Waals surface area (Å²) in [6, 6.07) is 6.37. The first-order valence-corrected chi connectivity index (χ1v) is 8.27. The molecule has 112 valence electrons. The fourth-order valence-electron chi connectivity index (χ4n) is 2.39. The Morgan fingerprint density at radius 3 is 2.35 bits per heavy atom. The van der Waals surface area contributed by atoms with Crippen LogP contribution in [-0.2, 0) is 14.8 Å². The number of aromatic hydroxyl groups is 1. The number of nitrogens with zero attached hydrogens (tertiary/aromatic N) is 1. The standard InChI is InChI=1S/C14H21NO4S/c1-11(12-3-5-13(16)6-4-12)15(2)20(17,18)14-7-9-19-10-8-14/h3-6,11,14,16H,7-10H2,1-2H3. The third-order valence-electron chi connectivity index (χ3n) is 3.91. The van der Waals surface area contributed by atoms with Gasteiger partial charge in [0.05, 0.1) is 5.25 Å². The number of sulfonamides is 1. The molecule has 1 aromatic carbocycles. The molecule has 0 saturated carbocycles. The van der Waals surface area contributed by atoms with Gasteiger partial charge in [-0.15, -0.1) is 0 Å². The van der Waals surface area contributed by atoms with Gasteiger partial charge >= 0.3 is 0 Å². The summed E-state index contributed by atoms with van der Waals surface area (Å²) in [7, 11) is -1.72. The first kappa shape index (κ1) is 15.3.